The average molecular weight is 243 g/mol. The lowest BCUT2D eigenvalue weighted by Gasteiger charge is -2.04. The summed E-state index contributed by atoms with van der Waals surface area (Å²) in [5.41, 5.74) is 0. The molecule has 0 fully saturated rings. The van der Waals surface area contributed by atoms with Gasteiger partial charge in [-0.3, -0.25) is 4.79 Å². The molecule has 0 atom stereocenters. The van der Waals surface area contributed by atoms with E-state index in [4.69, 9.17) is 4.74 Å². The van der Waals surface area contributed by atoms with E-state index < -0.39 is 5.97 Å². The molecule has 4 heteroatoms. The smallest absolute Gasteiger partial charge is 0.355 e. The van der Waals surface area contributed by atoms with Gasteiger partial charge in [0.25, 0.3) is 0 Å². The summed E-state index contributed by atoms with van der Waals surface area (Å²) < 4.78 is 5.05. The van der Waals surface area contributed by atoms with Gasteiger partial charge in [-0.2, -0.15) is 0 Å². The van der Waals surface area contributed by atoms with Gasteiger partial charge in [0.1, 0.15) is 0 Å². The molecule has 17 heavy (non-hydrogen) atoms. The number of hydrogen-bond donors (Lipinski definition) is 0. The minimum Gasteiger partial charge on any atom is -0.466 e. The summed E-state index contributed by atoms with van der Waals surface area (Å²) in [6.45, 7) is 2.55. The zero-order chi connectivity index (χ0) is 12.9. The topological polar surface area (TPSA) is 63.3 Å². The van der Waals surface area contributed by atoms with Gasteiger partial charge in [0.2, 0.25) is 0 Å². The van der Waals surface area contributed by atoms with Gasteiger partial charge in [-0.25, -0.2) is 9.90 Å². The van der Waals surface area contributed by atoms with Gasteiger partial charge in [0, 0.05) is 6.42 Å². The van der Waals surface area contributed by atoms with Crippen molar-refractivity contribution in [1.82, 2.24) is 0 Å². The van der Waals surface area contributed by atoms with Crippen LogP contribution < -0.4 is 0 Å². The summed E-state index contributed by atoms with van der Waals surface area (Å²) >= 11 is 0. The third-order valence-electron chi connectivity index (χ3n) is 2.52. The Morgan fingerprint density at radius 2 is 1.53 bits per heavy atom. The van der Waals surface area contributed by atoms with E-state index >= 15 is 0 Å². The van der Waals surface area contributed by atoms with Gasteiger partial charge in [-0.15, -0.1) is 0 Å². The van der Waals surface area contributed by atoms with Crippen LogP contribution in [0.1, 0.15) is 64.7 Å². The minimum absolute atomic E-state index is 0.117. The molecule has 99 valence electrons. The number of carbonyl (C=O) groups excluding carboxylic acids is 2. The maximum Gasteiger partial charge on any atom is 0.355 e. The summed E-state index contributed by atoms with van der Waals surface area (Å²) in [5, 5.41) is 10.1. The Morgan fingerprint density at radius 3 is 2.18 bits per heavy atom. The summed E-state index contributed by atoms with van der Waals surface area (Å²) in [5.74, 6) is -1.11. The van der Waals surface area contributed by atoms with Crippen molar-refractivity contribution in [2.24, 2.45) is 0 Å². The monoisotopic (exact) mass is 243 g/mol. The first-order valence-electron chi connectivity index (χ1n) is 6.52. The van der Waals surface area contributed by atoms with Gasteiger partial charge in [-0.1, -0.05) is 32.6 Å². The molecular weight excluding hydrogens is 220 g/mol. The molecule has 0 heterocycles. The predicted molar refractivity (Wildman–Crippen MR) is 63.9 cm³/mol. The minimum atomic E-state index is -0.993. The molecule has 0 aromatic rings. The average Bonchev–Trinajstić information content (AvgIpc) is 2.28. The van der Waals surface area contributed by atoms with E-state index in [-0.39, 0.29) is 12.4 Å². The quantitative estimate of drug-likeness (QED) is 0.414. The summed E-state index contributed by atoms with van der Waals surface area (Å²) in [7, 11) is 0. The van der Waals surface area contributed by atoms with Crippen LogP contribution in [-0.2, 0) is 19.4 Å². The van der Waals surface area contributed by atoms with E-state index in [1.54, 1.807) is 0 Å². The number of esters is 1. The first kappa shape index (κ1) is 15.9. The lowest BCUT2D eigenvalue weighted by atomic mass is 10.1. The highest BCUT2D eigenvalue weighted by Crippen LogP contribution is 2.05. The van der Waals surface area contributed by atoms with Crippen LogP contribution in [0.25, 0.3) is 0 Å². The number of unbranched alkanes of at least 4 members (excludes halogenated alkanes) is 5. The van der Waals surface area contributed by atoms with Crippen LogP contribution in [0.5, 0.6) is 0 Å². The highest BCUT2D eigenvalue weighted by Gasteiger charge is 2.02. The largest absolute Gasteiger partial charge is 0.466 e. The van der Waals surface area contributed by atoms with E-state index in [0.29, 0.717) is 19.4 Å². The maximum absolute atomic E-state index is 11.2. The standard InChI is InChI=1S/C13H23O4/c1-2-3-6-10-13(16)17-11-8-5-4-7-9-12(14)15/h2-11H2,1H3. The number of rotatable bonds is 11. The molecule has 0 spiro atoms. The number of ether oxygens (including phenoxy) is 1. The highest BCUT2D eigenvalue weighted by molar-refractivity contribution is 5.69. The third-order valence-corrected chi connectivity index (χ3v) is 2.52. The molecule has 0 unspecified atom stereocenters. The summed E-state index contributed by atoms with van der Waals surface area (Å²) in [6, 6.07) is 0. The SMILES string of the molecule is CCCCCC(=O)OCCCCCCC([O])=O. The van der Waals surface area contributed by atoms with Gasteiger partial charge in [0.15, 0.2) is 0 Å². The van der Waals surface area contributed by atoms with E-state index in [0.717, 1.165) is 38.5 Å². The van der Waals surface area contributed by atoms with Crippen LogP contribution in [0.3, 0.4) is 0 Å². The second-order valence-corrected chi connectivity index (χ2v) is 4.21. The Kier molecular flexibility index (Phi) is 10.7. The Bertz CT molecular complexity index is 213. The Balaban J connectivity index is 3.16. The molecule has 0 aliphatic rings. The lowest BCUT2D eigenvalue weighted by molar-refractivity contribution is -0.144. The van der Waals surface area contributed by atoms with Gasteiger partial charge in [0.05, 0.1) is 13.0 Å². The molecule has 0 aliphatic carbocycles. The van der Waals surface area contributed by atoms with Crippen molar-refractivity contribution in [3.05, 3.63) is 0 Å². The first-order chi connectivity index (χ1) is 8.16. The van der Waals surface area contributed by atoms with Gasteiger partial charge in [-0.05, 0) is 19.3 Å². The molecule has 0 amide bonds. The Hall–Kier alpha value is -1.06. The first-order valence-corrected chi connectivity index (χ1v) is 6.52. The van der Waals surface area contributed by atoms with Crippen LogP contribution in [0.2, 0.25) is 0 Å². The predicted octanol–water partition coefficient (Wildman–Crippen LogP) is 3.02. The van der Waals surface area contributed by atoms with Crippen LogP contribution >= 0.6 is 0 Å². The van der Waals surface area contributed by atoms with Crippen LogP contribution in [0, 0.1) is 0 Å². The zero-order valence-electron chi connectivity index (χ0n) is 10.7. The van der Waals surface area contributed by atoms with Crippen molar-refractivity contribution in [1.29, 1.82) is 0 Å². The maximum atomic E-state index is 11.2. The fraction of sp³-hybridized carbons (Fsp3) is 0.846. The van der Waals surface area contributed by atoms with E-state index in [1.165, 1.54) is 0 Å². The van der Waals surface area contributed by atoms with Crippen molar-refractivity contribution in [3.8, 4) is 0 Å². The lowest BCUT2D eigenvalue weighted by Crippen LogP contribution is -2.05. The van der Waals surface area contributed by atoms with Crippen molar-refractivity contribution in [3.63, 3.8) is 0 Å². The molecule has 0 saturated heterocycles. The molecule has 0 aromatic carbocycles. The van der Waals surface area contributed by atoms with Crippen molar-refractivity contribution in [2.75, 3.05) is 6.61 Å². The Labute approximate surface area is 103 Å². The van der Waals surface area contributed by atoms with E-state index in [1.807, 2.05) is 0 Å². The van der Waals surface area contributed by atoms with E-state index in [9.17, 15) is 14.7 Å². The summed E-state index contributed by atoms with van der Waals surface area (Å²) in [4.78, 5) is 21.3. The fourth-order valence-electron chi connectivity index (χ4n) is 1.50. The molecular formula is C13H23O4. The third kappa shape index (κ3) is 12.9. The number of hydrogen-bond acceptors (Lipinski definition) is 3. The second kappa shape index (κ2) is 11.4. The van der Waals surface area contributed by atoms with Gasteiger partial charge < -0.3 is 4.74 Å². The van der Waals surface area contributed by atoms with Crippen LogP contribution in [-0.4, -0.2) is 18.5 Å². The molecule has 4 nitrogen and oxygen atoms in total. The van der Waals surface area contributed by atoms with Crippen molar-refractivity contribution < 1.29 is 19.4 Å². The molecule has 0 bridgehead atoms. The molecule has 0 saturated carbocycles. The molecule has 0 N–H and O–H groups in total. The molecule has 0 aromatic heterocycles. The van der Waals surface area contributed by atoms with Crippen molar-refractivity contribution >= 4 is 11.9 Å². The second-order valence-electron chi connectivity index (χ2n) is 4.21. The number of carbonyl (C=O) groups is 2. The Morgan fingerprint density at radius 1 is 0.882 bits per heavy atom. The molecule has 0 aliphatic heterocycles. The van der Waals surface area contributed by atoms with Crippen LogP contribution in [0.4, 0.5) is 0 Å². The summed E-state index contributed by atoms with van der Waals surface area (Å²) in [6.07, 6.45) is 6.91. The normalized spacial score (nSPS) is 10.2. The van der Waals surface area contributed by atoms with Crippen LogP contribution in [0.15, 0.2) is 0 Å². The highest BCUT2D eigenvalue weighted by atomic mass is 16.5. The van der Waals surface area contributed by atoms with Crippen molar-refractivity contribution in [2.45, 2.75) is 64.7 Å². The molecule has 1 radical (unpaired) electrons. The fourth-order valence-corrected chi connectivity index (χ4v) is 1.50. The van der Waals surface area contributed by atoms with E-state index in [2.05, 4.69) is 6.92 Å². The van der Waals surface area contributed by atoms with Gasteiger partial charge >= 0.3 is 11.9 Å². The molecule has 0 rings (SSSR count). The zero-order valence-corrected chi connectivity index (χ0v) is 10.7.